The second kappa shape index (κ2) is 4.63. The first-order valence-corrected chi connectivity index (χ1v) is 5.37. The number of halogens is 2. The van der Waals surface area contributed by atoms with Gasteiger partial charge in [-0.2, -0.15) is 0 Å². The van der Waals surface area contributed by atoms with Gasteiger partial charge in [0.15, 0.2) is 11.6 Å². The Labute approximate surface area is 98.9 Å². The fourth-order valence-corrected chi connectivity index (χ4v) is 1.69. The van der Waals surface area contributed by atoms with Crippen molar-refractivity contribution in [2.75, 3.05) is 0 Å². The third-order valence-electron chi connectivity index (χ3n) is 2.78. The van der Waals surface area contributed by atoms with Gasteiger partial charge in [-0.25, -0.2) is 8.78 Å². The van der Waals surface area contributed by atoms with E-state index in [1.165, 1.54) is 0 Å². The summed E-state index contributed by atoms with van der Waals surface area (Å²) in [5.41, 5.74) is 7.67. The second-order valence-corrected chi connectivity index (χ2v) is 3.96. The predicted molar refractivity (Wildman–Crippen MR) is 64.4 cm³/mol. The summed E-state index contributed by atoms with van der Waals surface area (Å²) in [4.78, 5) is 0. The molecule has 0 spiro atoms. The Bertz CT molecular complexity index is 533. The summed E-state index contributed by atoms with van der Waals surface area (Å²) in [7, 11) is 0. The van der Waals surface area contributed by atoms with Crippen molar-refractivity contribution < 1.29 is 8.78 Å². The lowest BCUT2D eigenvalue weighted by Gasteiger charge is -2.07. The zero-order valence-electron chi connectivity index (χ0n) is 9.50. The highest BCUT2D eigenvalue weighted by Gasteiger charge is 2.12. The SMILES string of the molecule is Cc1ccc(-c2ccc(CN)cc2)c(F)c1F. The first-order chi connectivity index (χ1) is 8.13. The molecule has 0 aliphatic rings. The molecule has 2 aromatic carbocycles. The van der Waals surface area contributed by atoms with Gasteiger partial charge in [0.1, 0.15) is 0 Å². The van der Waals surface area contributed by atoms with Crippen LogP contribution in [0.1, 0.15) is 11.1 Å². The Kier molecular flexibility index (Phi) is 3.20. The van der Waals surface area contributed by atoms with Crippen LogP contribution >= 0.6 is 0 Å². The molecule has 0 radical (unpaired) electrons. The highest BCUT2D eigenvalue weighted by molar-refractivity contribution is 5.65. The average molecular weight is 233 g/mol. The average Bonchev–Trinajstić information content (AvgIpc) is 2.36. The van der Waals surface area contributed by atoms with E-state index in [4.69, 9.17) is 5.73 Å². The summed E-state index contributed by atoms with van der Waals surface area (Å²) in [6.07, 6.45) is 0. The highest BCUT2D eigenvalue weighted by atomic mass is 19.2. The van der Waals surface area contributed by atoms with Crippen LogP contribution in [-0.2, 0) is 6.54 Å². The van der Waals surface area contributed by atoms with Crippen molar-refractivity contribution in [1.29, 1.82) is 0 Å². The topological polar surface area (TPSA) is 26.0 Å². The molecule has 0 aliphatic heterocycles. The minimum absolute atomic E-state index is 0.275. The number of nitrogens with two attached hydrogens (primary N) is 1. The lowest BCUT2D eigenvalue weighted by Crippen LogP contribution is -1.96. The third-order valence-corrected chi connectivity index (χ3v) is 2.78. The van der Waals surface area contributed by atoms with Gasteiger partial charge in [0, 0.05) is 12.1 Å². The van der Waals surface area contributed by atoms with Crippen molar-refractivity contribution in [3.63, 3.8) is 0 Å². The summed E-state index contributed by atoms with van der Waals surface area (Å²) < 4.78 is 27.2. The Morgan fingerprint density at radius 1 is 0.941 bits per heavy atom. The molecule has 88 valence electrons. The normalized spacial score (nSPS) is 10.6. The van der Waals surface area contributed by atoms with Crippen molar-refractivity contribution in [3.8, 4) is 11.1 Å². The Morgan fingerprint density at radius 3 is 2.18 bits per heavy atom. The molecule has 1 nitrogen and oxygen atoms in total. The van der Waals surface area contributed by atoms with Gasteiger partial charge in [-0.15, -0.1) is 0 Å². The monoisotopic (exact) mass is 233 g/mol. The van der Waals surface area contributed by atoms with Crippen LogP contribution in [0.25, 0.3) is 11.1 Å². The zero-order chi connectivity index (χ0) is 12.4. The molecule has 0 bridgehead atoms. The molecule has 2 aromatic rings. The van der Waals surface area contributed by atoms with E-state index in [0.29, 0.717) is 17.7 Å². The van der Waals surface area contributed by atoms with E-state index in [9.17, 15) is 8.78 Å². The molecule has 0 atom stereocenters. The highest BCUT2D eigenvalue weighted by Crippen LogP contribution is 2.26. The summed E-state index contributed by atoms with van der Waals surface area (Å²) in [5, 5.41) is 0. The minimum Gasteiger partial charge on any atom is -0.326 e. The van der Waals surface area contributed by atoms with E-state index in [-0.39, 0.29) is 5.56 Å². The summed E-state index contributed by atoms with van der Waals surface area (Å²) in [6, 6.07) is 10.3. The molecule has 2 N–H and O–H groups in total. The summed E-state index contributed by atoms with van der Waals surface area (Å²) >= 11 is 0. The zero-order valence-corrected chi connectivity index (χ0v) is 9.50. The number of rotatable bonds is 2. The van der Waals surface area contributed by atoms with Crippen molar-refractivity contribution in [1.82, 2.24) is 0 Å². The van der Waals surface area contributed by atoms with Gasteiger partial charge in [0.05, 0.1) is 0 Å². The molecule has 0 heterocycles. The molecule has 3 heteroatoms. The van der Waals surface area contributed by atoms with E-state index >= 15 is 0 Å². The standard InChI is InChI=1S/C14H13F2N/c1-9-2-7-12(14(16)13(9)15)11-5-3-10(8-17)4-6-11/h2-7H,8,17H2,1H3. The van der Waals surface area contributed by atoms with Crippen molar-refractivity contribution in [3.05, 3.63) is 59.2 Å². The van der Waals surface area contributed by atoms with Crippen LogP contribution in [0.15, 0.2) is 36.4 Å². The fraction of sp³-hybridized carbons (Fsp3) is 0.143. The predicted octanol–water partition coefficient (Wildman–Crippen LogP) is 3.40. The van der Waals surface area contributed by atoms with Crippen LogP contribution in [0.2, 0.25) is 0 Å². The van der Waals surface area contributed by atoms with Crippen LogP contribution in [0, 0.1) is 18.6 Å². The maximum absolute atomic E-state index is 13.7. The summed E-state index contributed by atoms with van der Waals surface area (Å²) in [6.45, 7) is 1.98. The van der Waals surface area contributed by atoms with Crippen LogP contribution in [-0.4, -0.2) is 0 Å². The Hall–Kier alpha value is -1.74. The maximum atomic E-state index is 13.7. The molecule has 0 fully saturated rings. The smallest absolute Gasteiger partial charge is 0.166 e. The van der Waals surface area contributed by atoms with Crippen molar-refractivity contribution in [2.24, 2.45) is 5.73 Å². The molecule has 0 amide bonds. The van der Waals surface area contributed by atoms with Gasteiger partial charge in [-0.1, -0.05) is 36.4 Å². The molecule has 2 rings (SSSR count). The second-order valence-electron chi connectivity index (χ2n) is 3.96. The van der Waals surface area contributed by atoms with Crippen LogP contribution in [0.3, 0.4) is 0 Å². The van der Waals surface area contributed by atoms with Gasteiger partial charge >= 0.3 is 0 Å². The number of hydrogen-bond acceptors (Lipinski definition) is 1. The number of aryl methyl sites for hydroxylation is 1. The van der Waals surface area contributed by atoms with E-state index in [2.05, 4.69) is 0 Å². The van der Waals surface area contributed by atoms with Crippen LogP contribution in [0.5, 0.6) is 0 Å². The molecular formula is C14H13F2N. The first kappa shape index (κ1) is 11.7. The molecule has 0 aliphatic carbocycles. The molecule has 0 aromatic heterocycles. The van der Waals surface area contributed by atoms with Crippen molar-refractivity contribution in [2.45, 2.75) is 13.5 Å². The molecule has 0 unspecified atom stereocenters. The van der Waals surface area contributed by atoms with Gasteiger partial charge in [-0.3, -0.25) is 0 Å². The van der Waals surface area contributed by atoms with E-state index < -0.39 is 11.6 Å². The van der Waals surface area contributed by atoms with Gasteiger partial charge in [-0.05, 0) is 23.6 Å². The van der Waals surface area contributed by atoms with Gasteiger partial charge in [0.25, 0.3) is 0 Å². The number of hydrogen-bond donors (Lipinski definition) is 1. The lowest BCUT2D eigenvalue weighted by atomic mass is 10.0. The van der Waals surface area contributed by atoms with E-state index in [0.717, 1.165) is 5.56 Å². The number of benzene rings is 2. The maximum Gasteiger partial charge on any atom is 0.166 e. The molecule has 0 saturated carbocycles. The Morgan fingerprint density at radius 2 is 1.59 bits per heavy atom. The van der Waals surface area contributed by atoms with Gasteiger partial charge in [0.2, 0.25) is 0 Å². The third kappa shape index (κ3) is 2.19. The van der Waals surface area contributed by atoms with Crippen molar-refractivity contribution >= 4 is 0 Å². The Balaban J connectivity index is 2.49. The van der Waals surface area contributed by atoms with Gasteiger partial charge < -0.3 is 5.73 Å². The van der Waals surface area contributed by atoms with Crippen LogP contribution in [0.4, 0.5) is 8.78 Å². The fourth-order valence-electron chi connectivity index (χ4n) is 1.69. The quantitative estimate of drug-likeness (QED) is 0.845. The lowest BCUT2D eigenvalue weighted by molar-refractivity contribution is 0.505. The molecule has 0 saturated heterocycles. The first-order valence-electron chi connectivity index (χ1n) is 5.37. The largest absolute Gasteiger partial charge is 0.326 e. The summed E-state index contributed by atoms with van der Waals surface area (Å²) in [5.74, 6) is -1.59. The molecular weight excluding hydrogens is 220 g/mol. The van der Waals surface area contributed by atoms with E-state index in [1.807, 2.05) is 12.1 Å². The van der Waals surface area contributed by atoms with E-state index in [1.54, 1.807) is 31.2 Å². The molecule has 17 heavy (non-hydrogen) atoms. The minimum atomic E-state index is -0.800. The van der Waals surface area contributed by atoms with Crippen LogP contribution < -0.4 is 5.73 Å².